The summed E-state index contributed by atoms with van der Waals surface area (Å²) in [6.07, 6.45) is 8.01. The summed E-state index contributed by atoms with van der Waals surface area (Å²) < 4.78 is 5.02. The molecule has 1 unspecified atom stereocenters. The number of carbonyl (C=O) groups is 1. The molecule has 1 fully saturated rings. The minimum absolute atomic E-state index is 0.132. The molecule has 0 radical (unpaired) electrons. The van der Waals surface area contributed by atoms with E-state index in [9.17, 15) is 4.79 Å². The summed E-state index contributed by atoms with van der Waals surface area (Å²) in [6.45, 7) is 6.40. The zero-order valence-electron chi connectivity index (χ0n) is 11.5. The Labute approximate surface area is 105 Å². The summed E-state index contributed by atoms with van der Waals surface area (Å²) in [5, 5.41) is 3.39. The van der Waals surface area contributed by atoms with Crippen molar-refractivity contribution in [3.63, 3.8) is 0 Å². The predicted octanol–water partition coefficient (Wildman–Crippen LogP) is 2.89. The number of hydrogen-bond donors (Lipinski definition) is 1. The van der Waals surface area contributed by atoms with Gasteiger partial charge in [-0.2, -0.15) is 0 Å². The fourth-order valence-corrected chi connectivity index (χ4v) is 2.68. The topological polar surface area (TPSA) is 38.3 Å². The third-order valence-electron chi connectivity index (χ3n) is 3.76. The molecule has 0 saturated heterocycles. The molecule has 0 spiro atoms. The molecule has 1 N–H and O–H groups in total. The number of hydrogen-bond acceptors (Lipinski definition) is 3. The van der Waals surface area contributed by atoms with Crippen LogP contribution in [-0.2, 0) is 9.53 Å². The molecule has 3 heteroatoms. The number of ether oxygens (including phenoxy) is 1. The van der Waals surface area contributed by atoms with Gasteiger partial charge in [0.1, 0.15) is 6.04 Å². The minimum Gasteiger partial charge on any atom is -0.465 e. The van der Waals surface area contributed by atoms with Gasteiger partial charge in [0.25, 0.3) is 0 Å². The van der Waals surface area contributed by atoms with Crippen LogP contribution in [0.4, 0.5) is 0 Å². The standard InChI is InChI=1S/C14H27NO2/c1-4-17-14(16)12(3)15-11(2)13-9-7-5-6-8-10-13/h11-13,15H,4-10H2,1-3H3/t11-,12?/m0/s1. The number of nitrogens with one attached hydrogen (secondary N) is 1. The van der Waals surface area contributed by atoms with Gasteiger partial charge in [0.15, 0.2) is 0 Å². The Morgan fingerprint density at radius 2 is 1.82 bits per heavy atom. The molecule has 0 bridgehead atoms. The fourth-order valence-electron chi connectivity index (χ4n) is 2.68. The molecule has 0 amide bonds. The molecule has 3 nitrogen and oxygen atoms in total. The lowest BCUT2D eigenvalue weighted by atomic mass is 9.92. The van der Waals surface area contributed by atoms with E-state index < -0.39 is 0 Å². The lowest BCUT2D eigenvalue weighted by Gasteiger charge is -2.26. The highest BCUT2D eigenvalue weighted by molar-refractivity contribution is 5.75. The van der Waals surface area contributed by atoms with Crippen LogP contribution in [0, 0.1) is 5.92 Å². The summed E-state index contributed by atoms with van der Waals surface area (Å²) >= 11 is 0. The van der Waals surface area contributed by atoms with Gasteiger partial charge in [-0.15, -0.1) is 0 Å². The maximum atomic E-state index is 11.5. The minimum atomic E-state index is -0.187. The summed E-state index contributed by atoms with van der Waals surface area (Å²) in [4.78, 5) is 11.5. The van der Waals surface area contributed by atoms with Crippen LogP contribution >= 0.6 is 0 Å². The van der Waals surface area contributed by atoms with E-state index in [0.29, 0.717) is 12.6 Å². The molecular formula is C14H27NO2. The van der Waals surface area contributed by atoms with Crippen molar-refractivity contribution in [1.82, 2.24) is 5.32 Å². The molecular weight excluding hydrogens is 214 g/mol. The Balaban J connectivity index is 2.35. The number of rotatable bonds is 5. The van der Waals surface area contributed by atoms with Crippen LogP contribution in [0.1, 0.15) is 59.3 Å². The highest BCUT2D eigenvalue weighted by Crippen LogP contribution is 2.25. The Hall–Kier alpha value is -0.570. The molecule has 17 heavy (non-hydrogen) atoms. The first kappa shape index (κ1) is 14.5. The monoisotopic (exact) mass is 241 g/mol. The lowest BCUT2D eigenvalue weighted by molar-refractivity contribution is -0.145. The van der Waals surface area contributed by atoms with Gasteiger partial charge in [-0.25, -0.2) is 0 Å². The maximum Gasteiger partial charge on any atom is 0.322 e. The van der Waals surface area contributed by atoms with Gasteiger partial charge >= 0.3 is 5.97 Å². The maximum absolute atomic E-state index is 11.5. The normalized spacial score (nSPS) is 21.6. The Morgan fingerprint density at radius 1 is 1.24 bits per heavy atom. The van der Waals surface area contributed by atoms with Crippen LogP contribution in [0.3, 0.4) is 0 Å². The van der Waals surface area contributed by atoms with Gasteiger partial charge in [-0.1, -0.05) is 25.7 Å². The highest BCUT2D eigenvalue weighted by atomic mass is 16.5. The number of carbonyl (C=O) groups excluding carboxylic acids is 1. The van der Waals surface area contributed by atoms with Crippen LogP contribution in [0.25, 0.3) is 0 Å². The molecule has 1 aliphatic carbocycles. The van der Waals surface area contributed by atoms with Gasteiger partial charge in [0, 0.05) is 6.04 Å². The molecule has 0 aromatic rings. The molecule has 2 atom stereocenters. The third kappa shape index (κ3) is 5.07. The van der Waals surface area contributed by atoms with Crippen molar-refractivity contribution < 1.29 is 9.53 Å². The Kier molecular flexibility index (Phi) is 6.56. The van der Waals surface area contributed by atoms with Crippen molar-refractivity contribution >= 4 is 5.97 Å². The first-order valence-electron chi connectivity index (χ1n) is 7.07. The van der Waals surface area contributed by atoms with Crippen molar-refractivity contribution in [3.05, 3.63) is 0 Å². The number of esters is 1. The van der Waals surface area contributed by atoms with E-state index in [1.54, 1.807) is 0 Å². The molecule has 0 heterocycles. The summed E-state index contributed by atoms with van der Waals surface area (Å²) in [5.74, 6) is 0.586. The second-order valence-corrected chi connectivity index (χ2v) is 5.18. The van der Waals surface area contributed by atoms with E-state index in [4.69, 9.17) is 4.74 Å². The average molecular weight is 241 g/mol. The van der Waals surface area contributed by atoms with E-state index in [2.05, 4.69) is 12.2 Å². The SMILES string of the molecule is CCOC(=O)C(C)N[C@@H](C)C1CCCCCC1. The van der Waals surface area contributed by atoms with Gasteiger partial charge in [0.05, 0.1) is 6.61 Å². The molecule has 0 aromatic heterocycles. The molecule has 0 aromatic carbocycles. The summed E-state index contributed by atoms with van der Waals surface area (Å²) in [5.41, 5.74) is 0. The first-order valence-corrected chi connectivity index (χ1v) is 7.07. The van der Waals surface area contributed by atoms with E-state index in [-0.39, 0.29) is 12.0 Å². The van der Waals surface area contributed by atoms with Crippen LogP contribution in [-0.4, -0.2) is 24.7 Å². The van der Waals surface area contributed by atoms with E-state index in [1.807, 2.05) is 13.8 Å². The van der Waals surface area contributed by atoms with Crippen molar-refractivity contribution in [3.8, 4) is 0 Å². The quantitative estimate of drug-likeness (QED) is 0.594. The van der Waals surface area contributed by atoms with E-state index >= 15 is 0 Å². The van der Waals surface area contributed by atoms with Crippen LogP contribution in [0.5, 0.6) is 0 Å². The van der Waals surface area contributed by atoms with Crippen LogP contribution in [0.2, 0.25) is 0 Å². The first-order chi connectivity index (χ1) is 8.15. The molecule has 1 aliphatic rings. The van der Waals surface area contributed by atoms with Gasteiger partial charge < -0.3 is 10.1 Å². The van der Waals surface area contributed by atoms with Crippen molar-refractivity contribution in [1.29, 1.82) is 0 Å². The highest BCUT2D eigenvalue weighted by Gasteiger charge is 2.23. The van der Waals surface area contributed by atoms with Crippen molar-refractivity contribution in [2.24, 2.45) is 5.92 Å². The van der Waals surface area contributed by atoms with E-state index in [0.717, 1.165) is 5.92 Å². The molecule has 1 rings (SSSR count). The largest absolute Gasteiger partial charge is 0.465 e. The third-order valence-corrected chi connectivity index (χ3v) is 3.76. The molecule has 100 valence electrons. The smallest absolute Gasteiger partial charge is 0.322 e. The fraction of sp³-hybridized carbons (Fsp3) is 0.929. The van der Waals surface area contributed by atoms with Gasteiger partial charge in [-0.3, -0.25) is 4.79 Å². The van der Waals surface area contributed by atoms with Gasteiger partial charge in [-0.05, 0) is 39.5 Å². The zero-order valence-corrected chi connectivity index (χ0v) is 11.5. The van der Waals surface area contributed by atoms with Crippen molar-refractivity contribution in [2.75, 3.05) is 6.61 Å². The Bertz CT molecular complexity index is 222. The summed E-state index contributed by atoms with van der Waals surface area (Å²) in [7, 11) is 0. The zero-order chi connectivity index (χ0) is 12.7. The second kappa shape index (κ2) is 7.70. The van der Waals surface area contributed by atoms with Crippen LogP contribution < -0.4 is 5.32 Å². The van der Waals surface area contributed by atoms with Crippen molar-refractivity contribution in [2.45, 2.75) is 71.4 Å². The van der Waals surface area contributed by atoms with Gasteiger partial charge in [0.2, 0.25) is 0 Å². The average Bonchev–Trinajstić information content (AvgIpc) is 2.57. The lowest BCUT2D eigenvalue weighted by Crippen LogP contribution is -2.44. The van der Waals surface area contributed by atoms with Crippen LogP contribution in [0.15, 0.2) is 0 Å². The Morgan fingerprint density at radius 3 is 2.35 bits per heavy atom. The molecule has 1 saturated carbocycles. The second-order valence-electron chi connectivity index (χ2n) is 5.18. The molecule has 0 aliphatic heterocycles. The summed E-state index contributed by atoms with van der Waals surface area (Å²) in [6, 6.07) is 0.223. The van der Waals surface area contributed by atoms with E-state index in [1.165, 1.54) is 38.5 Å². The predicted molar refractivity (Wildman–Crippen MR) is 69.9 cm³/mol.